The SMILES string of the molecule is O=[N+]([O-])c1ccc(N(CC(O)Cn2c3ccccc3c3ccccc32)S(=O)(=O)c2ccccc2)cc1. The van der Waals surface area contributed by atoms with Gasteiger partial charge in [-0.3, -0.25) is 14.4 Å². The maximum absolute atomic E-state index is 13.6. The van der Waals surface area contributed by atoms with Gasteiger partial charge in [-0.25, -0.2) is 8.42 Å². The highest BCUT2D eigenvalue weighted by Gasteiger charge is 2.28. The zero-order valence-electron chi connectivity index (χ0n) is 19.1. The summed E-state index contributed by atoms with van der Waals surface area (Å²) in [7, 11) is -4.05. The number of hydrogen-bond acceptors (Lipinski definition) is 5. The number of para-hydroxylation sites is 2. The van der Waals surface area contributed by atoms with Gasteiger partial charge < -0.3 is 9.67 Å². The second-order valence-corrected chi connectivity index (χ2v) is 10.3. The quantitative estimate of drug-likeness (QED) is 0.239. The Hall–Kier alpha value is -4.21. The molecular formula is C27H23N3O5S. The van der Waals surface area contributed by atoms with Gasteiger partial charge in [0.1, 0.15) is 0 Å². The summed E-state index contributed by atoms with van der Waals surface area (Å²) in [6.45, 7) is -0.0856. The summed E-state index contributed by atoms with van der Waals surface area (Å²) in [5.74, 6) is 0. The molecule has 0 saturated heterocycles. The van der Waals surface area contributed by atoms with Crippen molar-refractivity contribution in [2.45, 2.75) is 17.5 Å². The molecule has 0 radical (unpaired) electrons. The summed E-state index contributed by atoms with van der Waals surface area (Å²) in [6.07, 6.45) is -1.07. The fraction of sp³-hybridized carbons (Fsp3) is 0.111. The van der Waals surface area contributed by atoms with Crippen LogP contribution in [0, 0.1) is 10.1 Å². The van der Waals surface area contributed by atoms with Crippen molar-refractivity contribution in [2.75, 3.05) is 10.8 Å². The standard InChI is InChI=1S/C27H23N3O5S/c31-22(18-28-26-12-6-4-10-24(26)25-11-5-7-13-27(25)28)19-29(20-14-16-21(17-15-20)30(32)33)36(34,35)23-8-2-1-3-9-23/h1-17,22,31H,18-19H2. The summed E-state index contributed by atoms with van der Waals surface area (Å²) in [4.78, 5) is 10.6. The van der Waals surface area contributed by atoms with E-state index in [1.54, 1.807) is 18.2 Å². The van der Waals surface area contributed by atoms with E-state index in [0.717, 1.165) is 26.1 Å². The van der Waals surface area contributed by atoms with Gasteiger partial charge in [-0.05, 0) is 36.4 Å². The lowest BCUT2D eigenvalue weighted by Gasteiger charge is -2.27. The predicted molar refractivity (Wildman–Crippen MR) is 140 cm³/mol. The summed E-state index contributed by atoms with van der Waals surface area (Å²) in [6, 6.07) is 28.9. The van der Waals surface area contributed by atoms with Crippen molar-refractivity contribution in [1.82, 2.24) is 4.57 Å². The van der Waals surface area contributed by atoms with Crippen molar-refractivity contribution in [3.05, 3.63) is 113 Å². The molecule has 0 saturated carbocycles. The first kappa shape index (κ1) is 23.5. The van der Waals surface area contributed by atoms with E-state index < -0.39 is 21.1 Å². The van der Waals surface area contributed by atoms with E-state index in [4.69, 9.17) is 0 Å². The zero-order chi connectivity index (χ0) is 25.3. The van der Waals surface area contributed by atoms with Crippen LogP contribution in [0.25, 0.3) is 21.8 Å². The molecule has 36 heavy (non-hydrogen) atoms. The molecule has 5 aromatic rings. The number of rotatable bonds is 8. The number of hydrogen-bond donors (Lipinski definition) is 1. The van der Waals surface area contributed by atoms with Crippen molar-refractivity contribution in [1.29, 1.82) is 0 Å². The minimum absolute atomic E-state index is 0.0624. The van der Waals surface area contributed by atoms with Gasteiger partial charge in [-0.1, -0.05) is 54.6 Å². The molecule has 1 heterocycles. The Labute approximate surface area is 207 Å². The van der Waals surface area contributed by atoms with Gasteiger partial charge in [0.05, 0.1) is 34.7 Å². The maximum Gasteiger partial charge on any atom is 0.269 e. The van der Waals surface area contributed by atoms with Crippen LogP contribution in [0.1, 0.15) is 0 Å². The molecule has 9 heteroatoms. The Kier molecular flexibility index (Phi) is 6.17. The van der Waals surface area contributed by atoms with Crippen molar-refractivity contribution < 1.29 is 18.4 Å². The number of aromatic nitrogens is 1. The van der Waals surface area contributed by atoms with E-state index >= 15 is 0 Å². The molecular weight excluding hydrogens is 478 g/mol. The van der Waals surface area contributed by atoms with Gasteiger partial charge in [0, 0.05) is 33.9 Å². The first-order valence-corrected chi connectivity index (χ1v) is 12.8. The Bertz CT molecular complexity index is 1590. The first-order valence-electron chi connectivity index (χ1n) is 11.3. The third-order valence-electron chi connectivity index (χ3n) is 6.13. The summed E-state index contributed by atoms with van der Waals surface area (Å²) in [5, 5.41) is 24.4. The largest absolute Gasteiger partial charge is 0.389 e. The van der Waals surface area contributed by atoms with Crippen molar-refractivity contribution in [3.63, 3.8) is 0 Å². The molecule has 0 aliphatic heterocycles. The third-order valence-corrected chi connectivity index (χ3v) is 7.94. The average molecular weight is 502 g/mol. The van der Waals surface area contributed by atoms with Crippen molar-refractivity contribution in [2.24, 2.45) is 0 Å². The highest BCUT2D eigenvalue weighted by atomic mass is 32.2. The Morgan fingerprint density at radius 2 is 1.33 bits per heavy atom. The third kappa shape index (κ3) is 4.30. The predicted octanol–water partition coefficient (Wildman–Crippen LogP) is 4.96. The fourth-order valence-corrected chi connectivity index (χ4v) is 5.99. The van der Waals surface area contributed by atoms with Crippen LogP contribution in [-0.4, -0.2) is 35.7 Å². The monoisotopic (exact) mass is 501 g/mol. The highest BCUT2D eigenvalue weighted by Crippen LogP contribution is 2.30. The number of aliphatic hydroxyl groups excluding tert-OH is 1. The number of fused-ring (bicyclic) bond motifs is 3. The summed E-state index contributed by atoms with van der Waals surface area (Å²) >= 11 is 0. The van der Waals surface area contributed by atoms with Crippen LogP contribution in [0.5, 0.6) is 0 Å². The smallest absolute Gasteiger partial charge is 0.269 e. The molecule has 182 valence electrons. The molecule has 8 nitrogen and oxygen atoms in total. The van der Waals surface area contributed by atoms with Crippen LogP contribution in [0.3, 0.4) is 0 Å². The number of nitro groups is 1. The van der Waals surface area contributed by atoms with E-state index in [1.807, 2.05) is 53.1 Å². The minimum Gasteiger partial charge on any atom is -0.389 e. The first-order chi connectivity index (χ1) is 17.4. The molecule has 0 spiro atoms. The molecule has 1 aromatic heterocycles. The van der Waals surface area contributed by atoms with Crippen LogP contribution < -0.4 is 4.31 Å². The molecule has 5 rings (SSSR count). The lowest BCUT2D eigenvalue weighted by atomic mass is 10.2. The molecule has 0 bridgehead atoms. The molecule has 1 N–H and O–H groups in total. The number of aliphatic hydroxyl groups is 1. The van der Waals surface area contributed by atoms with Crippen molar-refractivity contribution >= 4 is 43.2 Å². The molecule has 1 unspecified atom stereocenters. The number of non-ortho nitro benzene ring substituents is 1. The molecule has 0 aliphatic rings. The average Bonchev–Trinajstić information content (AvgIpc) is 3.21. The van der Waals surface area contributed by atoms with Crippen LogP contribution >= 0.6 is 0 Å². The lowest BCUT2D eigenvalue weighted by molar-refractivity contribution is -0.384. The van der Waals surface area contributed by atoms with Crippen LogP contribution in [0.15, 0.2) is 108 Å². The van der Waals surface area contributed by atoms with Gasteiger partial charge in [-0.15, -0.1) is 0 Å². The second-order valence-electron chi connectivity index (χ2n) is 8.42. The maximum atomic E-state index is 13.6. The van der Waals surface area contributed by atoms with Gasteiger partial charge in [0.2, 0.25) is 0 Å². The number of benzene rings is 4. The molecule has 4 aromatic carbocycles. The van der Waals surface area contributed by atoms with E-state index in [-0.39, 0.29) is 29.4 Å². The Morgan fingerprint density at radius 3 is 1.89 bits per heavy atom. The van der Waals surface area contributed by atoms with Gasteiger partial charge in [0.25, 0.3) is 15.7 Å². The number of sulfonamides is 1. The normalized spacial score (nSPS) is 12.6. The zero-order valence-corrected chi connectivity index (χ0v) is 20.0. The number of anilines is 1. The minimum atomic E-state index is -4.05. The summed E-state index contributed by atoms with van der Waals surface area (Å²) in [5.41, 5.74) is 1.95. The van der Waals surface area contributed by atoms with E-state index in [1.165, 1.54) is 36.4 Å². The Balaban J connectivity index is 1.53. The van der Waals surface area contributed by atoms with Gasteiger partial charge in [0.15, 0.2) is 0 Å². The van der Waals surface area contributed by atoms with E-state index in [0.29, 0.717) is 0 Å². The topological polar surface area (TPSA) is 106 Å². The molecule has 0 amide bonds. The van der Waals surface area contributed by atoms with Gasteiger partial charge >= 0.3 is 0 Å². The van der Waals surface area contributed by atoms with Crippen molar-refractivity contribution in [3.8, 4) is 0 Å². The van der Waals surface area contributed by atoms with E-state index in [2.05, 4.69) is 0 Å². The van der Waals surface area contributed by atoms with Crippen LogP contribution in [-0.2, 0) is 16.6 Å². The highest BCUT2D eigenvalue weighted by molar-refractivity contribution is 7.92. The molecule has 0 aliphatic carbocycles. The van der Waals surface area contributed by atoms with Gasteiger partial charge in [-0.2, -0.15) is 0 Å². The summed E-state index contributed by atoms with van der Waals surface area (Å²) < 4.78 is 30.3. The molecule has 0 fully saturated rings. The van der Waals surface area contributed by atoms with E-state index in [9.17, 15) is 23.6 Å². The van der Waals surface area contributed by atoms with Crippen LogP contribution in [0.4, 0.5) is 11.4 Å². The Morgan fingerprint density at radius 1 is 0.806 bits per heavy atom. The fourth-order valence-electron chi connectivity index (χ4n) is 4.46. The molecule has 1 atom stereocenters. The number of nitrogens with zero attached hydrogens (tertiary/aromatic N) is 3. The van der Waals surface area contributed by atoms with Crippen LogP contribution in [0.2, 0.25) is 0 Å². The number of nitro benzene ring substituents is 1. The second kappa shape index (κ2) is 9.44. The lowest BCUT2D eigenvalue weighted by Crippen LogP contribution is -2.39.